The van der Waals surface area contributed by atoms with Gasteiger partial charge in [-0.25, -0.2) is 0 Å². The van der Waals surface area contributed by atoms with E-state index in [4.69, 9.17) is 4.74 Å². The summed E-state index contributed by atoms with van der Waals surface area (Å²) in [5, 5.41) is 0. The van der Waals surface area contributed by atoms with Gasteiger partial charge >= 0.3 is 5.97 Å². The standard InChI is InChI=1S/C9H15IO2/c1-6(2)3-7-4-8(5-10)12-9(7)11/h6-8H,3-5H2,1-2H3/t7-,8-/m1/s1. The Bertz CT molecular complexity index is 168. The smallest absolute Gasteiger partial charge is 0.309 e. The van der Waals surface area contributed by atoms with Gasteiger partial charge in [0.2, 0.25) is 0 Å². The molecule has 0 spiro atoms. The van der Waals surface area contributed by atoms with Crippen molar-refractivity contribution in [2.75, 3.05) is 4.43 Å². The molecule has 0 aromatic carbocycles. The lowest BCUT2D eigenvalue weighted by atomic mass is 9.95. The Kier molecular flexibility index (Phi) is 3.80. The van der Waals surface area contributed by atoms with Gasteiger partial charge in [0.05, 0.1) is 5.92 Å². The number of carbonyl (C=O) groups is 1. The van der Waals surface area contributed by atoms with E-state index in [1.54, 1.807) is 0 Å². The van der Waals surface area contributed by atoms with E-state index in [-0.39, 0.29) is 18.0 Å². The molecule has 1 saturated heterocycles. The number of carbonyl (C=O) groups excluding carboxylic acids is 1. The first kappa shape index (κ1) is 10.3. The summed E-state index contributed by atoms with van der Waals surface area (Å²) in [4.78, 5) is 11.3. The van der Waals surface area contributed by atoms with Crippen molar-refractivity contribution in [1.82, 2.24) is 0 Å². The molecule has 70 valence electrons. The third kappa shape index (κ3) is 2.61. The molecular weight excluding hydrogens is 267 g/mol. The van der Waals surface area contributed by atoms with Crippen molar-refractivity contribution >= 4 is 28.6 Å². The summed E-state index contributed by atoms with van der Waals surface area (Å²) in [7, 11) is 0. The fraction of sp³-hybridized carbons (Fsp3) is 0.889. The maximum Gasteiger partial charge on any atom is 0.309 e. The summed E-state index contributed by atoms with van der Waals surface area (Å²) in [6, 6.07) is 0. The van der Waals surface area contributed by atoms with E-state index in [0.717, 1.165) is 17.3 Å². The molecule has 0 aliphatic carbocycles. The fourth-order valence-corrected chi connectivity index (χ4v) is 2.12. The molecule has 0 aromatic rings. The lowest BCUT2D eigenvalue weighted by molar-refractivity contribution is -0.143. The van der Waals surface area contributed by atoms with Crippen molar-refractivity contribution in [3.63, 3.8) is 0 Å². The van der Waals surface area contributed by atoms with Gasteiger partial charge in [0.1, 0.15) is 6.10 Å². The fourth-order valence-electron chi connectivity index (χ4n) is 1.58. The molecular formula is C9H15IO2. The molecule has 0 bridgehead atoms. The van der Waals surface area contributed by atoms with Gasteiger partial charge in [-0.1, -0.05) is 36.4 Å². The van der Waals surface area contributed by atoms with Gasteiger partial charge < -0.3 is 4.74 Å². The molecule has 1 heterocycles. The molecule has 1 aliphatic heterocycles. The van der Waals surface area contributed by atoms with Crippen LogP contribution in [0.25, 0.3) is 0 Å². The van der Waals surface area contributed by atoms with Crippen molar-refractivity contribution < 1.29 is 9.53 Å². The lowest BCUT2D eigenvalue weighted by Crippen LogP contribution is -2.09. The van der Waals surface area contributed by atoms with Crippen LogP contribution < -0.4 is 0 Å². The van der Waals surface area contributed by atoms with Crippen LogP contribution in [0.2, 0.25) is 0 Å². The minimum absolute atomic E-state index is 0.0189. The van der Waals surface area contributed by atoms with Gasteiger partial charge in [0, 0.05) is 4.43 Å². The second-order valence-corrected chi connectivity index (χ2v) is 4.66. The molecule has 1 fully saturated rings. The van der Waals surface area contributed by atoms with Crippen molar-refractivity contribution in [2.24, 2.45) is 11.8 Å². The van der Waals surface area contributed by atoms with Crippen LogP contribution in [0.15, 0.2) is 0 Å². The molecule has 0 saturated carbocycles. The highest BCUT2D eigenvalue weighted by atomic mass is 127. The van der Waals surface area contributed by atoms with Crippen molar-refractivity contribution in [3.05, 3.63) is 0 Å². The van der Waals surface area contributed by atoms with Crippen LogP contribution in [0.5, 0.6) is 0 Å². The summed E-state index contributed by atoms with van der Waals surface area (Å²) in [6.45, 7) is 4.29. The van der Waals surface area contributed by atoms with Gasteiger partial charge in [-0.3, -0.25) is 4.79 Å². The number of esters is 1. The third-order valence-corrected chi connectivity index (χ3v) is 3.07. The van der Waals surface area contributed by atoms with Crippen molar-refractivity contribution in [1.29, 1.82) is 0 Å². The molecule has 1 rings (SSSR count). The Hall–Kier alpha value is 0.200. The maximum absolute atomic E-state index is 11.3. The van der Waals surface area contributed by atoms with Crippen LogP contribution in [0.4, 0.5) is 0 Å². The van der Waals surface area contributed by atoms with Gasteiger partial charge in [-0.15, -0.1) is 0 Å². The quantitative estimate of drug-likeness (QED) is 0.451. The van der Waals surface area contributed by atoms with Crippen LogP contribution in [0, 0.1) is 11.8 Å². The van der Waals surface area contributed by atoms with Gasteiger partial charge in [0.25, 0.3) is 0 Å². The largest absolute Gasteiger partial charge is 0.461 e. The van der Waals surface area contributed by atoms with E-state index < -0.39 is 0 Å². The summed E-state index contributed by atoms with van der Waals surface area (Å²) >= 11 is 2.27. The average Bonchev–Trinajstić information content (AvgIpc) is 2.31. The van der Waals surface area contributed by atoms with E-state index in [9.17, 15) is 4.79 Å². The number of ether oxygens (including phenoxy) is 1. The number of rotatable bonds is 3. The number of hydrogen-bond donors (Lipinski definition) is 0. The number of alkyl halides is 1. The Labute approximate surface area is 87.2 Å². The van der Waals surface area contributed by atoms with E-state index in [0.29, 0.717) is 5.92 Å². The molecule has 0 aromatic heterocycles. The molecule has 12 heavy (non-hydrogen) atoms. The van der Waals surface area contributed by atoms with Gasteiger partial charge in [-0.2, -0.15) is 0 Å². The van der Waals surface area contributed by atoms with E-state index in [1.807, 2.05) is 0 Å². The summed E-state index contributed by atoms with van der Waals surface area (Å²) < 4.78 is 6.11. The monoisotopic (exact) mass is 282 g/mol. The highest BCUT2D eigenvalue weighted by Crippen LogP contribution is 2.27. The Balaban J connectivity index is 2.41. The Morgan fingerprint density at radius 2 is 2.33 bits per heavy atom. The van der Waals surface area contributed by atoms with Crippen LogP contribution in [0.1, 0.15) is 26.7 Å². The minimum atomic E-state index is 0.0189. The number of cyclic esters (lactones) is 1. The second-order valence-electron chi connectivity index (χ2n) is 3.78. The maximum atomic E-state index is 11.3. The number of halogens is 1. The predicted octanol–water partition coefficient (Wildman–Crippen LogP) is 2.40. The highest BCUT2D eigenvalue weighted by Gasteiger charge is 2.33. The normalized spacial score (nSPS) is 29.5. The van der Waals surface area contributed by atoms with Gasteiger partial charge in [-0.05, 0) is 18.8 Å². The zero-order valence-electron chi connectivity index (χ0n) is 7.55. The SMILES string of the molecule is CC(C)C[C@@H]1C[C@H](CI)OC1=O. The average molecular weight is 282 g/mol. The Morgan fingerprint density at radius 1 is 1.67 bits per heavy atom. The minimum Gasteiger partial charge on any atom is -0.461 e. The van der Waals surface area contributed by atoms with Crippen molar-refractivity contribution in [2.45, 2.75) is 32.8 Å². The molecule has 3 heteroatoms. The molecule has 0 radical (unpaired) electrons. The third-order valence-electron chi connectivity index (χ3n) is 2.09. The second kappa shape index (κ2) is 4.44. The molecule has 0 amide bonds. The summed E-state index contributed by atoms with van der Waals surface area (Å²) in [5.41, 5.74) is 0. The van der Waals surface area contributed by atoms with Crippen LogP contribution >= 0.6 is 22.6 Å². The molecule has 2 atom stereocenters. The first-order chi connectivity index (χ1) is 5.63. The summed E-state index contributed by atoms with van der Waals surface area (Å²) in [6.07, 6.45) is 2.09. The molecule has 1 aliphatic rings. The first-order valence-electron chi connectivity index (χ1n) is 4.40. The zero-order chi connectivity index (χ0) is 9.14. The van der Waals surface area contributed by atoms with Crippen molar-refractivity contribution in [3.8, 4) is 0 Å². The highest BCUT2D eigenvalue weighted by molar-refractivity contribution is 14.1. The van der Waals surface area contributed by atoms with E-state index >= 15 is 0 Å². The van der Waals surface area contributed by atoms with E-state index in [1.165, 1.54) is 0 Å². The van der Waals surface area contributed by atoms with Crippen LogP contribution in [-0.2, 0) is 9.53 Å². The lowest BCUT2D eigenvalue weighted by Gasteiger charge is -2.07. The topological polar surface area (TPSA) is 26.3 Å². The van der Waals surface area contributed by atoms with Crippen LogP contribution in [-0.4, -0.2) is 16.5 Å². The molecule has 0 unspecified atom stereocenters. The van der Waals surface area contributed by atoms with Gasteiger partial charge in [0.15, 0.2) is 0 Å². The zero-order valence-corrected chi connectivity index (χ0v) is 9.71. The Morgan fingerprint density at radius 3 is 2.75 bits per heavy atom. The molecule has 0 N–H and O–H groups in total. The first-order valence-corrected chi connectivity index (χ1v) is 5.92. The summed E-state index contributed by atoms with van der Waals surface area (Å²) in [5.74, 6) is 0.783. The predicted molar refractivity (Wildman–Crippen MR) is 56.3 cm³/mol. The molecule has 2 nitrogen and oxygen atoms in total. The number of hydrogen-bond acceptors (Lipinski definition) is 2. The van der Waals surface area contributed by atoms with Crippen LogP contribution in [0.3, 0.4) is 0 Å². The van der Waals surface area contributed by atoms with E-state index in [2.05, 4.69) is 36.4 Å².